The van der Waals surface area contributed by atoms with E-state index >= 15 is 0 Å². The summed E-state index contributed by atoms with van der Waals surface area (Å²) in [5.41, 5.74) is 3.24. The Hall–Kier alpha value is -2.71. The third-order valence-electron chi connectivity index (χ3n) is 6.81. The van der Waals surface area contributed by atoms with Crippen molar-refractivity contribution in [2.45, 2.75) is 43.9 Å². The smallest absolute Gasteiger partial charge is 0.160 e. The molecule has 2 aromatic carbocycles. The van der Waals surface area contributed by atoms with Crippen LogP contribution in [-0.4, -0.2) is 45.4 Å². The summed E-state index contributed by atoms with van der Waals surface area (Å²) in [6.45, 7) is 4.03. The molecule has 2 aliphatic rings. The van der Waals surface area contributed by atoms with Crippen LogP contribution < -0.4 is 14.2 Å². The average molecular weight is 421 g/mol. The second-order valence-corrected chi connectivity index (χ2v) is 8.54. The molecule has 0 amide bonds. The molecule has 0 bridgehead atoms. The summed E-state index contributed by atoms with van der Waals surface area (Å²) in [5.74, 6) is 3.47. The number of benzene rings is 2. The van der Waals surface area contributed by atoms with Crippen LogP contribution >= 0.6 is 0 Å². The molecule has 5 heteroatoms. The zero-order valence-corrected chi connectivity index (χ0v) is 18.6. The van der Waals surface area contributed by atoms with E-state index in [1.165, 1.54) is 5.56 Å². The highest BCUT2D eigenvalue weighted by Gasteiger charge is 2.26. The number of ether oxygens (including phenoxy) is 3. The van der Waals surface area contributed by atoms with Crippen LogP contribution in [0.2, 0.25) is 0 Å². The van der Waals surface area contributed by atoms with Gasteiger partial charge in [0.15, 0.2) is 11.5 Å². The lowest BCUT2D eigenvalue weighted by Gasteiger charge is -2.33. The lowest BCUT2D eigenvalue weighted by molar-refractivity contribution is 0.204. The first-order valence-corrected chi connectivity index (χ1v) is 11.3. The number of hydrogen-bond acceptors (Lipinski definition) is 5. The van der Waals surface area contributed by atoms with Gasteiger partial charge in [-0.25, -0.2) is 0 Å². The summed E-state index contributed by atoms with van der Waals surface area (Å²) in [5, 5.41) is 9.60. The SMILES string of the molecule is COc1ccc(C2CCN(CCC3CCCOc4cccc(C#N)c43)CC2)cc1OC. The second kappa shape index (κ2) is 10.1. The number of nitrogens with zero attached hydrogens (tertiary/aromatic N) is 2. The Balaban J connectivity index is 1.36. The molecular formula is C26H32N2O3. The minimum Gasteiger partial charge on any atom is -0.493 e. The fourth-order valence-corrected chi connectivity index (χ4v) is 5.07. The lowest BCUT2D eigenvalue weighted by Crippen LogP contribution is -2.34. The summed E-state index contributed by atoms with van der Waals surface area (Å²) in [7, 11) is 3.37. The summed E-state index contributed by atoms with van der Waals surface area (Å²) < 4.78 is 16.8. The number of rotatable bonds is 6. The van der Waals surface area contributed by atoms with Gasteiger partial charge in [0.1, 0.15) is 5.75 Å². The molecule has 31 heavy (non-hydrogen) atoms. The van der Waals surface area contributed by atoms with E-state index in [1.54, 1.807) is 14.2 Å². The zero-order valence-electron chi connectivity index (χ0n) is 18.6. The van der Waals surface area contributed by atoms with E-state index in [9.17, 15) is 5.26 Å². The van der Waals surface area contributed by atoms with E-state index < -0.39 is 0 Å². The molecule has 0 saturated carbocycles. The Morgan fingerprint density at radius 1 is 1.06 bits per heavy atom. The fourth-order valence-electron chi connectivity index (χ4n) is 5.07. The quantitative estimate of drug-likeness (QED) is 0.651. The first kappa shape index (κ1) is 21.5. The molecule has 2 heterocycles. The van der Waals surface area contributed by atoms with Crippen LogP contribution in [0.25, 0.3) is 0 Å². The van der Waals surface area contributed by atoms with Crippen LogP contribution in [0.3, 0.4) is 0 Å². The van der Waals surface area contributed by atoms with Crippen LogP contribution in [0.4, 0.5) is 0 Å². The first-order chi connectivity index (χ1) is 15.2. The molecule has 1 unspecified atom stereocenters. The van der Waals surface area contributed by atoms with Crippen LogP contribution in [0.1, 0.15) is 60.6 Å². The predicted molar refractivity (Wildman–Crippen MR) is 121 cm³/mol. The first-order valence-electron chi connectivity index (χ1n) is 11.3. The van der Waals surface area contributed by atoms with Crippen LogP contribution in [-0.2, 0) is 0 Å². The summed E-state index contributed by atoms with van der Waals surface area (Å²) in [4.78, 5) is 2.58. The minimum absolute atomic E-state index is 0.400. The van der Waals surface area contributed by atoms with Gasteiger partial charge in [0.25, 0.3) is 0 Å². The normalized spacial score (nSPS) is 19.6. The van der Waals surface area contributed by atoms with Gasteiger partial charge >= 0.3 is 0 Å². The Morgan fingerprint density at radius 2 is 1.87 bits per heavy atom. The van der Waals surface area contributed by atoms with Gasteiger partial charge in [-0.15, -0.1) is 0 Å². The van der Waals surface area contributed by atoms with Crippen molar-refractivity contribution in [3.63, 3.8) is 0 Å². The lowest BCUT2D eigenvalue weighted by atomic mass is 9.86. The number of likely N-dealkylation sites (tertiary alicyclic amines) is 1. The molecule has 2 aliphatic heterocycles. The van der Waals surface area contributed by atoms with E-state index in [0.717, 1.165) is 86.7 Å². The summed E-state index contributed by atoms with van der Waals surface area (Å²) >= 11 is 0. The Labute approximate surface area is 185 Å². The minimum atomic E-state index is 0.400. The van der Waals surface area contributed by atoms with Gasteiger partial charge in [-0.2, -0.15) is 5.26 Å². The van der Waals surface area contributed by atoms with Crippen LogP contribution in [0.5, 0.6) is 17.2 Å². The molecule has 164 valence electrons. The van der Waals surface area contributed by atoms with Gasteiger partial charge in [0.2, 0.25) is 0 Å². The molecule has 5 nitrogen and oxygen atoms in total. The summed E-state index contributed by atoms with van der Waals surface area (Å²) in [6, 6.07) is 14.6. The predicted octanol–water partition coefficient (Wildman–Crippen LogP) is 5.10. The summed E-state index contributed by atoms with van der Waals surface area (Å²) in [6.07, 6.45) is 5.53. The van der Waals surface area contributed by atoms with Gasteiger partial charge in [-0.05, 0) is 93.4 Å². The highest BCUT2D eigenvalue weighted by atomic mass is 16.5. The molecular weight excluding hydrogens is 388 g/mol. The van der Waals surface area contributed by atoms with Crippen molar-refractivity contribution in [1.29, 1.82) is 5.26 Å². The standard InChI is InChI=1S/C26H32N2O3/c1-29-23-9-8-21(17-25(23)30-2)19-10-13-28(14-11-19)15-12-20-6-4-16-31-24-7-3-5-22(18-27)26(20)24/h3,5,7-9,17,19-20H,4,6,10-16H2,1-2H3. The van der Waals surface area contributed by atoms with Gasteiger partial charge in [0, 0.05) is 5.56 Å². The fraction of sp³-hybridized carbons (Fsp3) is 0.500. The van der Waals surface area contributed by atoms with Crippen molar-refractivity contribution < 1.29 is 14.2 Å². The molecule has 0 aromatic heterocycles. The highest BCUT2D eigenvalue weighted by Crippen LogP contribution is 2.39. The number of nitriles is 1. The molecule has 1 saturated heterocycles. The van der Waals surface area contributed by atoms with E-state index in [1.807, 2.05) is 24.3 Å². The third-order valence-corrected chi connectivity index (χ3v) is 6.81. The number of piperidine rings is 1. The van der Waals surface area contributed by atoms with Gasteiger partial charge < -0.3 is 19.1 Å². The number of fused-ring (bicyclic) bond motifs is 1. The van der Waals surface area contributed by atoms with Crippen molar-refractivity contribution in [1.82, 2.24) is 4.90 Å². The van der Waals surface area contributed by atoms with Gasteiger partial charge in [-0.3, -0.25) is 0 Å². The van der Waals surface area contributed by atoms with E-state index in [2.05, 4.69) is 23.1 Å². The van der Waals surface area contributed by atoms with E-state index in [-0.39, 0.29) is 0 Å². The van der Waals surface area contributed by atoms with Gasteiger partial charge in [-0.1, -0.05) is 12.1 Å². The zero-order chi connectivity index (χ0) is 21.6. The molecule has 2 aromatic rings. The highest BCUT2D eigenvalue weighted by molar-refractivity contribution is 5.49. The molecule has 0 spiro atoms. The Bertz CT molecular complexity index is 929. The van der Waals surface area contributed by atoms with Crippen molar-refractivity contribution in [3.8, 4) is 23.3 Å². The van der Waals surface area contributed by atoms with Crippen molar-refractivity contribution in [3.05, 3.63) is 53.1 Å². The Morgan fingerprint density at radius 3 is 2.61 bits per heavy atom. The molecule has 1 atom stereocenters. The molecule has 4 rings (SSSR count). The van der Waals surface area contributed by atoms with Crippen LogP contribution in [0.15, 0.2) is 36.4 Å². The van der Waals surface area contributed by atoms with Crippen molar-refractivity contribution in [2.24, 2.45) is 0 Å². The number of hydrogen-bond donors (Lipinski definition) is 0. The second-order valence-electron chi connectivity index (χ2n) is 8.54. The Kier molecular flexibility index (Phi) is 6.99. The van der Waals surface area contributed by atoms with Crippen molar-refractivity contribution >= 4 is 0 Å². The maximum Gasteiger partial charge on any atom is 0.160 e. The molecule has 0 N–H and O–H groups in total. The molecule has 0 radical (unpaired) electrons. The van der Waals surface area contributed by atoms with E-state index in [4.69, 9.17) is 14.2 Å². The topological polar surface area (TPSA) is 54.7 Å². The maximum atomic E-state index is 9.60. The molecule has 0 aliphatic carbocycles. The molecule has 1 fully saturated rings. The van der Waals surface area contributed by atoms with Crippen LogP contribution in [0, 0.1) is 11.3 Å². The monoisotopic (exact) mass is 420 g/mol. The number of methoxy groups -OCH3 is 2. The third kappa shape index (κ3) is 4.80. The van der Waals surface area contributed by atoms with E-state index in [0.29, 0.717) is 11.8 Å². The average Bonchev–Trinajstić information content (AvgIpc) is 3.04. The van der Waals surface area contributed by atoms with Crippen molar-refractivity contribution in [2.75, 3.05) is 40.5 Å². The maximum absolute atomic E-state index is 9.60. The largest absolute Gasteiger partial charge is 0.493 e. The van der Waals surface area contributed by atoms with Gasteiger partial charge in [0.05, 0.1) is 32.5 Å².